The van der Waals surface area contributed by atoms with Crippen LogP contribution in [0.5, 0.6) is 0 Å². The minimum atomic E-state index is 0.266. The van der Waals surface area contributed by atoms with Gasteiger partial charge < -0.3 is 14.0 Å². The van der Waals surface area contributed by atoms with E-state index in [0.29, 0.717) is 0 Å². The molecule has 0 N–H and O–H groups in total. The number of rotatable bonds is 32. The van der Waals surface area contributed by atoms with E-state index in [1.165, 1.54) is 141 Å². The summed E-state index contributed by atoms with van der Waals surface area (Å²) in [7, 11) is 4.64. The molecular weight excluding hydrogens is 550 g/mol. The number of likely N-dealkylation sites (tertiary alicyclic amines) is 1. The second-order valence-electron chi connectivity index (χ2n) is 14.3. The molecule has 0 radical (unpaired) electrons. The van der Waals surface area contributed by atoms with E-state index < -0.39 is 0 Å². The van der Waals surface area contributed by atoms with Gasteiger partial charge in [-0.25, -0.2) is 0 Å². The van der Waals surface area contributed by atoms with Crippen LogP contribution < -0.4 is 0 Å². The number of hydrogen-bond acceptors (Lipinski definition) is 2. The Labute approximate surface area is 282 Å². The number of quaternary nitrogens is 1. The molecule has 2 unspecified atom stereocenters. The first-order valence-electron chi connectivity index (χ1n) is 19.7. The average Bonchev–Trinajstić information content (AvgIpc) is 3.32. The van der Waals surface area contributed by atoms with Crippen LogP contribution in [0.3, 0.4) is 0 Å². The Balaban J connectivity index is 1.96. The van der Waals surface area contributed by atoms with E-state index in [2.05, 4.69) is 76.6 Å². The van der Waals surface area contributed by atoms with Gasteiger partial charge in [0, 0.05) is 13.2 Å². The first-order chi connectivity index (χ1) is 22.1. The molecule has 0 amide bonds. The standard InChI is InChI=1S/C42H78NO2/c1-5-7-9-11-13-15-17-19-21-23-25-27-29-31-33-35-37-44-41-39-43(3,4)40-42(41)45-38-36-34-32-30-28-26-24-22-20-18-16-14-12-10-8-6-2/h13-16,19-22,41-42H,5-12,17-18,23-40H2,1-4H3/q+1. The smallest absolute Gasteiger partial charge is 0.138 e. The number of ether oxygens (including phenoxy) is 2. The first kappa shape index (κ1) is 41.9. The molecule has 0 bridgehead atoms. The molecule has 0 aromatic rings. The van der Waals surface area contributed by atoms with Crippen LogP contribution in [0, 0.1) is 0 Å². The number of unbranched alkanes of at least 4 members (excludes halogenated alkanes) is 18. The minimum absolute atomic E-state index is 0.266. The van der Waals surface area contributed by atoms with E-state index in [4.69, 9.17) is 9.47 Å². The van der Waals surface area contributed by atoms with Gasteiger partial charge in [0.1, 0.15) is 25.3 Å². The molecule has 2 atom stereocenters. The van der Waals surface area contributed by atoms with Gasteiger partial charge in [-0.3, -0.25) is 0 Å². The van der Waals surface area contributed by atoms with Crippen LogP contribution in [0.1, 0.15) is 168 Å². The highest BCUT2D eigenvalue weighted by Gasteiger charge is 2.41. The normalized spacial score (nSPS) is 18.6. The zero-order valence-corrected chi connectivity index (χ0v) is 30.8. The highest BCUT2D eigenvalue weighted by molar-refractivity contribution is 4.93. The van der Waals surface area contributed by atoms with Crippen LogP contribution in [-0.4, -0.2) is 57.1 Å². The van der Waals surface area contributed by atoms with Gasteiger partial charge in [0.2, 0.25) is 0 Å². The molecule has 1 aliphatic rings. The molecule has 1 aliphatic heterocycles. The first-order valence-corrected chi connectivity index (χ1v) is 19.7. The number of nitrogens with zero attached hydrogens (tertiary/aromatic N) is 1. The average molecular weight is 629 g/mol. The predicted octanol–water partition coefficient (Wildman–Crippen LogP) is 12.5. The van der Waals surface area contributed by atoms with Crippen molar-refractivity contribution in [3.05, 3.63) is 48.6 Å². The Morgan fingerprint density at radius 2 is 0.733 bits per heavy atom. The zero-order chi connectivity index (χ0) is 32.5. The van der Waals surface area contributed by atoms with Crippen molar-refractivity contribution in [2.24, 2.45) is 0 Å². The summed E-state index contributed by atoms with van der Waals surface area (Å²) in [5.74, 6) is 0. The van der Waals surface area contributed by atoms with E-state index in [9.17, 15) is 0 Å². The van der Waals surface area contributed by atoms with Crippen LogP contribution in [0.15, 0.2) is 48.6 Å². The molecule has 262 valence electrons. The Morgan fingerprint density at radius 3 is 1.09 bits per heavy atom. The molecule has 3 nitrogen and oxygen atoms in total. The number of likely N-dealkylation sites (N-methyl/N-ethyl adjacent to an activating group) is 1. The SMILES string of the molecule is CCCCCC=CCC=CCCCCCCCCOC1C[N+](C)(C)CC1OCCCCCCCCC=CCC=CCCCCC. The van der Waals surface area contributed by atoms with Crippen molar-refractivity contribution in [3.8, 4) is 0 Å². The summed E-state index contributed by atoms with van der Waals surface area (Å²) in [6, 6.07) is 0. The second kappa shape index (κ2) is 31.4. The maximum absolute atomic E-state index is 6.39. The Kier molecular flexibility index (Phi) is 29.2. The van der Waals surface area contributed by atoms with Gasteiger partial charge in [-0.05, 0) is 77.0 Å². The quantitative estimate of drug-likeness (QED) is 0.0419. The van der Waals surface area contributed by atoms with Gasteiger partial charge in [0.15, 0.2) is 0 Å². The van der Waals surface area contributed by atoms with E-state index >= 15 is 0 Å². The molecule has 3 heteroatoms. The Hall–Kier alpha value is -1.16. The molecule has 0 aliphatic carbocycles. The molecule has 0 saturated carbocycles. The lowest BCUT2D eigenvalue weighted by Gasteiger charge is -2.22. The number of allylic oxidation sites excluding steroid dienone is 8. The van der Waals surface area contributed by atoms with E-state index in [1.807, 2.05) is 0 Å². The monoisotopic (exact) mass is 629 g/mol. The van der Waals surface area contributed by atoms with Gasteiger partial charge >= 0.3 is 0 Å². The third kappa shape index (κ3) is 27.6. The van der Waals surface area contributed by atoms with Gasteiger partial charge in [-0.15, -0.1) is 0 Å². The van der Waals surface area contributed by atoms with Gasteiger partial charge in [-0.2, -0.15) is 0 Å². The predicted molar refractivity (Wildman–Crippen MR) is 200 cm³/mol. The fourth-order valence-electron chi connectivity index (χ4n) is 6.25. The summed E-state index contributed by atoms with van der Waals surface area (Å²) < 4.78 is 13.8. The molecule has 1 saturated heterocycles. The van der Waals surface area contributed by atoms with Gasteiger partial charge in [-0.1, -0.05) is 140 Å². The largest absolute Gasteiger partial charge is 0.369 e. The summed E-state index contributed by atoms with van der Waals surface area (Å²) in [6.45, 7) is 8.48. The van der Waals surface area contributed by atoms with Crippen molar-refractivity contribution >= 4 is 0 Å². The van der Waals surface area contributed by atoms with E-state index in [0.717, 1.165) is 43.6 Å². The summed E-state index contributed by atoms with van der Waals surface area (Å²) >= 11 is 0. The molecule has 1 heterocycles. The molecular formula is C42H78NO2+. The summed E-state index contributed by atoms with van der Waals surface area (Å²) in [5, 5.41) is 0. The summed E-state index contributed by atoms with van der Waals surface area (Å²) in [6.07, 6.45) is 50.3. The highest BCUT2D eigenvalue weighted by Crippen LogP contribution is 2.22. The lowest BCUT2D eigenvalue weighted by molar-refractivity contribution is -0.880. The van der Waals surface area contributed by atoms with Crippen molar-refractivity contribution in [3.63, 3.8) is 0 Å². The van der Waals surface area contributed by atoms with Crippen molar-refractivity contribution in [1.29, 1.82) is 0 Å². The van der Waals surface area contributed by atoms with E-state index in [1.54, 1.807) is 0 Å². The van der Waals surface area contributed by atoms with Crippen molar-refractivity contribution in [1.82, 2.24) is 0 Å². The fraction of sp³-hybridized carbons (Fsp3) is 0.810. The van der Waals surface area contributed by atoms with Crippen LogP contribution in [0.4, 0.5) is 0 Å². The summed E-state index contributed by atoms with van der Waals surface area (Å²) in [4.78, 5) is 0. The zero-order valence-electron chi connectivity index (χ0n) is 30.8. The molecule has 0 aromatic carbocycles. The van der Waals surface area contributed by atoms with Crippen molar-refractivity contribution < 1.29 is 14.0 Å². The highest BCUT2D eigenvalue weighted by atomic mass is 16.5. The lowest BCUT2D eigenvalue weighted by Crippen LogP contribution is -2.38. The lowest BCUT2D eigenvalue weighted by atomic mass is 10.1. The van der Waals surface area contributed by atoms with Crippen LogP contribution in [-0.2, 0) is 9.47 Å². The number of hydrogen-bond donors (Lipinski definition) is 0. The van der Waals surface area contributed by atoms with Crippen molar-refractivity contribution in [2.45, 2.75) is 180 Å². The van der Waals surface area contributed by atoms with Gasteiger partial charge in [0.25, 0.3) is 0 Å². The Bertz CT molecular complexity index is 677. The third-order valence-electron chi connectivity index (χ3n) is 9.12. The fourth-order valence-corrected chi connectivity index (χ4v) is 6.25. The van der Waals surface area contributed by atoms with E-state index in [-0.39, 0.29) is 12.2 Å². The second-order valence-corrected chi connectivity index (χ2v) is 14.3. The molecule has 0 aromatic heterocycles. The van der Waals surface area contributed by atoms with Gasteiger partial charge in [0.05, 0.1) is 14.1 Å². The maximum Gasteiger partial charge on any atom is 0.138 e. The molecule has 45 heavy (non-hydrogen) atoms. The van der Waals surface area contributed by atoms with Crippen LogP contribution >= 0.6 is 0 Å². The van der Waals surface area contributed by atoms with Crippen LogP contribution in [0.2, 0.25) is 0 Å². The topological polar surface area (TPSA) is 18.5 Å². The molecule has 0 spiro atoms. The molecule has 1 rings (SSSR count). The Morgan fingerprint density at radius 1 is 0.422 bits per heavy atom. The third-order valence-corrected chi connectivity index (χ3v) is 9.12. The minimum Gasteiger partial charge on any atom is -0.369 e. The van der Waals surface area contributed by atoms with Crippen molar-refractivity contribution in [2.75, 3.05) is 40.4 Å². The molecule has 1 fully saturated rings. The summed E-state index contributed by atoms with van der Waals surface area (Å²) in [5.41, 5.74) is 0. The van der Waals surface area contributed by atoms with Crippen LogP contribution in [0.25, 0.3) is 0 Å². The maximum atomic E-state index is 6.39.